The van der Waals surface area contributed by atoms with Crippen LogP contribution in [0, 0.1) is 6.92 Å². The monoisotopic (exact) mass is 761 g/mol. The second-order valence-electron chi connectivity index (χ2n) is 19.0. The average Bonchev–Trinajstić information content (AvgIpc) is 3.80. The Bertz CT molecular complexity index is 3100. The number of nitrogens with zero attached hydrogens (tertiary/aromatic N) is 1. The maximum absolute atomic E-state index is 2.59. The molecule has 3 aliphatic rings. The summed E-state index contributed by atoms with van der Waals surface area (Å²) in [4.78, 5) is 0. The second-order valence-corrected chi connectivity index (χ2v) is 19.0. The molecule has 1 heteroatoms. The van der Waals surface area contributed by atoms with E-state index in [9.17, 15) is 0 Å². The van der Waals surface area contributed by atoms with Gasteiger partial charge in [-0.05, 0) is 128 Å². The minimum absolute atomic E-state index is 0.0148. The van der Waals surface area contributed by atoms with Gasteiger partial charge in [0, 0.05) is 38.6 Å². The topological polar surface area (TPSA) is 4.93 Å². The Hall–Kier alpha value is -6.18. The number of hydrogen-bond donors (Lipinski definition) is 0. The Kier molecular flexibility index (Phi) is 7.71. The Morgan fingerprint density at radius 2 is 1.19 bits per heavy atom. The first-order chi connectivity index (χ1) is 28.4. The molecular weight excluding hydrogens is 711 g/mol. The maximum atomic E-state index is 2.59. The lowest BCUT2D eigenvalue weighted by molar-refractivity contribution is 0.636. The maximum Gasteiger partial charge on any atom is 0.0541 e. The van der Waals surface area contributed by atoms with Crippen molar-refractivity contribution in [1.82, 2.24) is 4.57 Å². The standard InChI is InChI=1S/C58H51N/c1-36-21-22-39(33-51(36)56(2,3)41-15-9-8-10-16-41)37-24-29-54-47(31-37)48-32-38(40-23-27-45-43-17-11-13-19-49(43)57(4,5)52(45)34-40)25-30-55(48)59(54)42-26-28-46-44-18-12-14-20-50(44)58(6,7)53(46)35-42/h8-22,24-35,40H,23H2,1-7H3. The fraction of sp³-hybridized carbons (Fsp3) is 0.207. The molecule has 0 amide bonds. The van der Waals surface area contributed by atoms with E-state index >= 15 is 0 Å². The van der Waals surface area contributed by atoms with Gasteiger partial charge in [-0.2, -0.15) is 0 Å². The Balaban J connectivity index is 1.09. The summed E-state index contributed by atoms with van der Waals surface area (Å²) in [5.41, 5.74) is 22.6. The van der Waals surface area contributed by atoms with Crippen molar-refractivity contribution in [2.75, 3.05) is 0 Å². The average molecular weight is 762 g/mol. The van der Waals surface area contributed by atoms with Crippen LogP contribution in [0.1, 0.15) is 98.4 Å². The van der Waals surface area contributed by atoms with Crippen molar-refractivity contribution in [2.24, 2.45) is 0 Å². The van der Waals surface area contributed by atoms with Crippen LogP contribution < -0.4 is 0 Å². The number of benzene rings is 7. The van der Waals surface area contributed by atoms with Gasteiger partial charge in [-0.15, -0.1) is 0 Å². The molecule has 0 N–H and O–H groups in total. The van der Waals surface area contributed by atoms with Gasteiger partial charge in [-0.1, -0.05) is 169 Å². The van der Waals surface area contributed by atoms with Crippen molar-refractivity contribution < 1.29 is 0 Å². The number of aromatic nitrogens is 1. The van der Waals surface area contributed by atoms with Gasteiger partial charge in [-0.25, -0.2) is 0 Å². The SMILES string of the molecule is Cc1ccc(-c2ccc3c(c2)c2cc(C4C=C5C(=CC4)c4ccccc4C5(C)C)ccc2n3-c2ccc3c(c2)C(C)(C)c2ccccc2-3)cc1C(C)(C)c1ccccc1. The van der Waals surface area contributed by atoms with E-state index in [4.69, 9.17) is 0 Å². The Labute approximate surface area is 349 Å². The van der Waals surface area contributed by atoms with Crippen molar-refractivity contribution in [3.8, 4) is 27.9 Å². The largest absolute Gasteiger partial charge is 0.309 e. The quantitative estimate of drug-likeness (QED) is 0.165. The van der Waals surface area contributed by atoms with E-state index in [1.54, 1.807) is 0 Å². The van der Waals surface area contributed by atoms with Crippen LogP contribution >= 0.6 is 0 Å². The molecule has 8 aromatic rings. The first-order valence-corrected chi connectivity index (χ1v) is 21.5. The van der Waals surface area contributed by atoms with Gasteiger partial charge in [0.05, 0.1) is 11.0 Å². The summed E-state index contributed by atoms with van der Waals surface area (Å²) in [6.45, 7) is 16.5. The van der Waals surface area contributed by atoms with Crippen LogP contribution in [-0.4, -0.2) is 4.57 Å². The molecule has 0 saturated heterocycles. The molecule has 1 heterocycles. The molecule has 0 bridgehead atoms. The zero-order valence-electron chi connectivity index (χ0n) is 35.3. The molecule has 1 atom stereocenters. The summed E-state index contributed by atoms with van der Waals surface area (Å²) in [6.07, 6.45) is 6.10. The molecule has 0 saturated carbocycles. The van der Waals surface area contributed by atoms with Crippen LogP contribution in [0.2, 0.25) is 0 Å². The molecule has 0 fully saturated rings. The van der Waals surface area contributed by atoms with Gasteiger partial charge in [0.1, 0.15) is 0 Å². The third-order valence-corrected chi connectivity index (χ3v) is 14.6. The zero-order valence-corrected chi connectivity index (χ0v) is 35.3. The molecule has 7 aromatic carbocycles. The first kappa shape index (κ1) is 35.9. The van der Waals surface area contributed by atoms with Gasteiger partial charge >= 0.3 is 0 Å². The number of hydrogen-bond acceptors (Lipinski definition) is 0. The van der Waals surface area contributed by atoms with E-state index in [1.807, 2.05) is 0 Å². The molecule has 288 valence electrons. The van der Waals surface area contributed by atoms with Crippen LogP contribution in [0.15, 0.2) is 169 Å². The number of allylic oxidation sites excluding steroid dienone is 4. The van der Waals surface area contributed by atoms with Crippen molar-refractivity contribution in [1.29, 1.82) is 0 Å². The van der Waals surface area contributed by atoms with E-state index in [2.05, 4.69) is 217 Å². The van der Waals surface area contributed by atoms with Crippen molar-refractivity contribution in [3.05, 3.63) is 214 Å². The molecule has 0 aliphatic heterocycles. The summed E-state index contributed by atoms with van der Waals surface area (Å²) in [5, 5.41) is 2.60. The highest BCUT2D eigenvalue weighted by Gasteiger charge is 2.40. The Morgan fingerprint density at radius 1 is 0.559 bits per heavy atom. The van der Waals surface area contributed by atoms with E-state index in [-0.39, 0.29) is 16.2 Å². The lowest BCUT2D eigenvalue weighted by Gasteiger charge is -2.28. The lowest BCUT2D eigenvalue weighted by atomic mass is 9.75. The van der Waals surface area contributed by atoms with Crippen molar-refractivity contribution in [2.45, 2.75) is 77.0 Å². The Morgan fingerprint density at radius 3 is 1.97 bits per heavy atom. The highest BCUT2D eigenvalue weighted by atomic mass is 15.0. The normalized spacial score (nSPS) is 17.3. The summed E-state index contributed by atoms with van der Waals surface area (Å²) in [7, 11) is 0. The number of aryl methyl sites for hydroxylation is 1. The van der Waals surface area contributed by atoms with E-state index in [1.165, 1.54) is 105 Å². The van der Waals surface area contributed by atoms with Gasteiger partial charge in [0.15, 0.2) is 0 Å². The third-order valence-electron chi connectivity index (χ3n) is 14.6. The fourth-order valence-electron chi connectivity index (χ4n) is 11.2. The van der Waals surface area contributed by atoms with Crippen LogP contribution in [0.4, 0.5) is 0 Å². The second kappa shape index (κ2) is 12.7. The van der Waals surface area contributed by atoms with Gasteiger partial charge in [0.2, 0.25) is 0 Å². The summed E-state index contributed by atoms with van der Waals surface area (Å²) in [6, 6.07) is 57.6. The van der Waals surface area contributed by atoms with Crippen LogP contribution in [-0.2, 0) is 16.2 Å². The summed E-state index contributed by atoms with van der Waals surface area (Å²) >= 11 is 0. The minimum Gasteiger partial charge on any atom is -0.309 e. The predicted octanol–water partition coefficient (Wildman–Crippen LogP) is 15.2. The molecule has 3 aliphatic carbocycles. The first-order valence-electron chi connectivity index (χ1n) is 21.5. The van der Waals surface area contributed by atoms with E-state index < -0.39 is 0 Å². The summed E-state index contributed by atoms with van der Waals surface area (Å²) in [5.74, 6) is 0.312. The van der Waals surface area contributed by atoms with Crippen molar-refractivity contribution >= 4 is 27.4 Å². The van der Waals surface area contributed by atoms with Gasteiger partial charge in [0.25, 0.3) is 0 Å². The molecule has 1 unspecified atom stereocenters. The van der Waals surface area contributed by atoms with Crippen LogP contribution in [0.3, 0.4) is 0 Å². The fourth-order valence-corrected chi connectivity index (χ4v) is 11.2. The predicted molar refractivity (Wildman–Crippen MR) is 250 cm³/mol. The zero-order chi connectivity index (χ0) is 40.4. The van der Waals surface area contributed by atoms with Crippen molar-refractivity contribution in [3.63, 3.8) is 0 Å². The smallest absolute Gasteiger partial charge is 0.0541 e. The number of rotatable bonds is 5. The molecule has 0 radical (unpaired) electrons. The molecule has 1 nitrogen and oxygen atoms in total. The van der Waals surface area contributed by atoms with Gasteiger partial charge in [-0.3, -0.25) is 0 Å². The molecule has 1 aromatic heterocycles. The minimum atomic E-state index is -0.130. The van der Waals surface area contributed by atoms with Crippen LogP contribution in [0.25, 0.3) is 55.3 Å². The molecular formula is C58H51N. The van der Waals surface area contributed by atoms with E-state index in [0.29, 0.717) is 5.92 Å². The molecule has 0 spiro atoms. The number of fused-ring (bicyclic) bond motifs is 9. The third kappa shape index (κ3) is 5.23. The molecule has 59 heavy (non-hydrogen) atoms. The highest BCUT2D eigenvalue weighted by Crippen LogP contribution is 2.54. The van der Waals surface area contributed by atoms with Gasteiger partial charge < -0.3 is 4.57 Å². The van der Waals surface area contributed by atoms with E-state index in [0.717, 1.165) is 6.42 Å². The van der Waals surface area contributed by atoms with Crippen LogP contribution in [0.5, 0.6) is 0 Å². The summed E-state index contributed by atoms with van der Waals surface area (Å²) < 4.78 is 2.52. The lowest BCUT2D eigenvalue weighted by Crippen LogP contribution is -2.20. The highest BCUT2D eigenvalue weighted by molar-refractivity contribution is 6.11. The molecule has 11 rings (SSSR count).